The zero-order chi connectivity index (χ0) is 19.1. The van der Waals surface area contributed by atoms with Gasteiger partial charge in [0.1, 0.15) is 5.60 Å². The van der Waals surface area contributed by atoms with Gasteiger partial charge < -0.3 is 25.3 Å². The van der Waals surface area contributed by atoms with Gasteiger partial charge in [-0.1, -0.05) is 6.07 Å². The van der Waals surface area contributed by atoms with Crippen LogP contribution in [0.4, 0.5) is 0 Å². The first kappa shape index (κ1) is 17.8. The summed E-state index contributed by atoms with van der Waals surface area (Å²) >= 11 is 0. The van der Waals surface area contributed by atoms with Gasteiger partial charge in [-0.25, -0.2) is 4.79 Å². The molecule has 8 heteroatoms. The van der Waals surface area contributed by atoms with Crippen molar-refractivity contribution in [2.45, 2.75) is 31.8 Å². The van der Waals surface area contributed by atoms with Gasteiger partial charge in [0, 0.05) is 12.3 Å². The molecule has 0 aromatic heterocycles. The lowest BCUT2D eigenvalue weighted by Gasteiger charge is -2.27. The van der Waals surface area contributed by atoms with Crippen molar-refractivity contribution in [3.05, 3.63) is 35.0 Å². The maximum absolute atomic E-state index is 12.4. The Labute approximate surface area is 150 Å². The number of rotatable bonds is 5. The molecule has 2 aliphatic rings. The second-order valence-corrected chi connectivity index (χ2v) is 6.66. The van der Waals surface area contributed by atoms with Crippen molar-refractivity contribution in [3.63, 3.8) is 0 Å². The van der Waals surface area contributed by atoms with Crippen LogP contribution in [0.3, 0.4) is 0 Å². The van der Waals surface area contributed by atoms with E-state index in [1.54, 1.807) is 32.0 Å². The van der Waals surface area contributed by atoms with Crippen LogP contribution in [0, 0.1) is 0 Å². The van der Waals surface area contributed by atoms with Crippen LogP contribution >= 0.6 is 0 Å². The Bertz CT molecular complexity index is 827. The Balaban J connectivity index is 2.03. The van der Waals surface area contributed by atoms with Gasteiger partial charge in [-0.15, -0.1) is 0 Å². The topological polar surface area (TPSA) is 117 Å². The van der Waals surface area contributed by atoms with Gasteiger partial charge in [0.2, 0.25) is 5.91 Å². The van der Waals surface area contributed by atoms with Gasteiger partial charge >= 0.3 is 5.97 Å². The highest BCUT2D eigenvalue weighted by Gasteiger charge is 2.47. The molecule has 26 heavy (non-hydrogen) atoms. The fraction of sp³-hybridized carbons (Fsp3) is 0.389. The normalized spacial score (nSPS) is 21.0. The number of amides is 2. The van der Waals surface area contributed by atoms with Gasteiger partial charge in [0.05, 0.1) is 18.4 Å². The maximum Gasteiger partial charge on any atom is 0.337 e. The Morgan fingerprint density at radius 1 is 1.35 bits per heavy atom. The van der Waals surface area contributed by atoms with Crippen molar-refractivity contribution in [3.8, 4) is 11.5 Å². The maximum atomic E-state index is 12.4. The minimum Gasteiger partial charge on any atom is -0.493 e. The summed E-state index contributed by atoms with van der Waals surface area (Å²) in [5.41, 5.74) is 5.83. The fourth-order valence-corrected chi connectivity index (χ4v) is 3.23. The summed E-state index contributed by atoms with van der Waals surface area (Å²) in [6.07, 6.45) is 0.103. The molecular weight excluding hydrogens is 340 g/mol. The summed E-state index contributed by atoms with van der Waals surface area (Å²) in [4.78, 5) is 35.6. The number of nitrogens with two attached hydrogens (primary N) is 1. The highest BCUT2D eigenvalue weighted by atomic mass is 16.6. The average Bonchev–Trinajstić information content (AvgIpc) is 2.80. The van der Waals surface area contributed by atoms with Crippen LogP contribution in [0.15, 0.2) is 29.5 Å². The number of primary amides is 1. The standard InChI is InChI=1S/C18H20N2O6/c1-18(2)16-15(17(23)26-18)10(7-14(22)20-16)9-4-5-11(24-3)12(6-9)25-8-13(19)21/h4-6,10H,7-8H2,1-3H3,(H2,19,21)(H,20,22)/t10-/m0/s1. The van der Waals surface area contributed by atoms with Crippen LogP contribution < -0.4 is 20.5 Å². The lowest BCUT2D eigenvalue weighted by Crippen LogP contribution is -2.38. The minimum absolute atomic E-state index is 0.103. The number of carbonyl (C=O) groups is 3. The molecule has 0 aliphatic carbocycles. The molecule has 0 unspecified atom stereocenters. The molecule has 2 amide bonds. The molecule has 138 valence electrons. The molecule has 2 heterocycles. The lowest BCUT2D eigenvalue weighted by atomic mass is 9.82. The summed E-state index contributed by atoms with van der Waals surface area (Å²) in [6.45, 7) is 3.14. The molecule has 1 atom stereocenters. The zero-order valence-corrected chi connectivity index (χ0v) is 14.8. The van der Waals surface area contributed by atoms with E-state index in [-0.39, 0.29) is 18.9 Å². The van der Waals surface area contributed by atoms with Gasteiger partial charge in [0.25, 0.3) is 5.91 Å². The highest BCUT2D eigenvalue weighted by Crippen LogP contribution is 2.44. The molecule has 1 aromatic rings. The van der Waals surface area contributed by atoms with Gasteiger partial charge in [-0.2, -0.15) is 0 Å². The molecule has 3 rings (SSSR count). The quantitative estimate of drug-likeness (QED) is 0.749. The Kier molecular flexibility index (Phi) is 4.35. The third-order valence-corrected chi connectivity index (χ3v) is 4.40. The van der Waals surface area contributed by atoms with Crippen LogP contribution in [-0.4, -0.2) is 37.1 Å². The second-order valence-electron chi connectivity index (χ2n) is 6.66. The van der Waals surface area contributed by atoms with Crippen molar-refractivity contribution in [1.82, 2.24) is 5.32 Å². The van der Waals surface area contributed by atoms with Gasteiger partial charge in [-0.3, -0.25) is 9.59 Å². The molecule has 0 saturated heterocycles. The van der Waals surface area contributed by atoms with Gasteiger partial charge in [0.15, 0.2) is 18.1 Å². The second kappa shape index (κ2) is 6.36. The van der Waals surface area contributed by atoms with E-state index in [0.29, 0.717) is 28.3 Å². The largest absolute Gasteiger partial charge is 0.493 e. The zero-order valence-electron chi connectivity index (χ0n) is 14.8. The summed E-state index contributed by atoms with van der Waals surface area (Å²) in [5.74, 6) is -1.03. The number of benzene rings is 1. The third-order valence-electron chi connectivity index (χ3n) is 4.40. The molecule has 0 bridgehead atoms. The molecule has 2 aliphatic heterocycles. The van der Waals surface area contributed by atoms with Crippen LogP contribution in [0.25, 0.3) is 0 Å². The first-order chi connectivity index (χ1) is 12.2. The number of cyclic esters (lactones) is 1. The van der Waals surface area contributed by atoms with Crippen molar-refractivity contribution in [2.75, 3.05) is 13.7 Å². The molecule has 0 fully saturated rings. The van der Waals surface area contributed by atoms with Crippen LogP contribution in [0.5, 0.6) is 11.5 Å². The number of esters is 1. The third kappa shape index (κ3) is 3.10. The molecule has 3 N–H and O–H groups in total. The van der Waals surface area contributed by atoms with E-state index in [9.17, 15) is 14.4 Å². The summed E-state index contributed by atoms with van der Waals surface area (Å²) < 4.78 is 16.0. The molecule has 8 nitrogen and oxygen atoms in total. The van der Waals surface area contributed by atoms with E-state index in [1.165, 1.54) is 7.11 Å². The van der Waals surface area contributed by atoms with E-state index < -0.39 is 23.4 Å². The van der Waals surface area contributed by atoms with E-state index >= 15 is 0 Å². The number of carbonyl (C=O) groups excluding carboxylic acids is 3. The van der Waals surface area contributed by atoms with Crippen molar-refractivity contribution in [1.29, 1.82) is 0 Å². The molecule has 0 radical (unpaired) electrons. The predicted octanol–water partition coefficient (Wildman–Crippen LogP) is 0.752. The Hall–Kier alpha value is -3.03. The van der Waals surface area contributed by atoms with E-state index in [1.807, 2.05) is 0 Å². The van der Waals surface area contributed by atoms with Crippen LogP contribution in [-0.2, 0) is 19.1 Å². The lowest BCUT2D eigenvalue weighted by molar-refractivity contribution is -0.144. The summed E-state index contributed by atoms with van der Waals surface area (Å²) in [5, 5.41) is 2.75. The first-order valence-corrected chi connectivity index (χ1v) is 8.10. The van der Waals surface area contributed by atoms with E-state index in [2.05, 4.69) is 5.32 Å². The first-order valence-electron chi connectivity index (χ1n) is 8.10. The molecule has 0 spiro atoms. The number of nitrogens with one attached hydrogen (secondary N) is 1. The molecule has 1 aromatic carbocycles. The van der Waals surface area contributed by atoms with Crippen molar-refractivity contribution >= 4 is 17.8 Å². The average molecular weight is 360 g/mol. The predicted molar refractivity (Wildman–Crippen MR) is 90.4 cm³/mol. The molecular formula is C18H20N2O6. The number of methoxy groups -OCH3 is 1. The molecule has 0 saturated carbocycles. The number of ether oxygens (including phenoxy) is 3. The summed E-state index contributed by atoms with van der Waals surface area (Å²) in [7, 11) is 1.47. The SMILES string of the molecule is COc1ccc([C@@H]2CC(=O)NC3=C2C(=O)OC3(C)C)cc1OCC(N)=O. The number of hydrogen-bond donors (Lipinski definition) is 2. The highest BCUT2D eigenvalue weighted by molar-refractivity contribution is 5.99. The monoisotopic (exact) mass is 360 g/mol. The van der Waals surface area contributed by atoms with Crippen molar-refractivity contribution < 1.29 is 28.6 Å². The van der Waals surface area contributed by atoms with Crippen LogP contribution in [0.1, 0.15) is 31.7 Å². The summed E-state index contributed by atoms with van der Waals surface area (Å²) in [6, 6.07) is 5.06. The van der Waals surface area contributed by atoms with Crippen LogP contribution in [0.2, 0.25) is 0 Å². The Morgan fingerprint density at radius 2 is 2.08 bits per heavy atom. The minimum atomic E-state index is -0.890. The number of hydrogen-bond acceptors (Lipinski definition) is 6. The van der Waals surface area contributed by atoms with E-state index in [0.717, 1.165) is 0 Å². The smallest absolute Gasteiger partial charge is 0.337 e. The fourth-order valence-electron chi connectivity index (χ4n) is 3.23. The Morgan fingerprint density at radius 3 is 2.73 bits per heavy atom. The van der Waals surface area contributed by atoms with Gasteiger partial charge in [-0.05, 0) is 31.5 Å². The van der Waals surface area contributed by atoms with Crippen molar-refractivity contribution in [2.24, 2.45) is 5.73 Å². The van der Waals surface area contributed by atoms with E-state index in [4.69, 9.17) is 19.9 Å².